The zero-order valence-electron chi connectivity index (χ0n) is 6.90. The molecule has 0 aliphatic heterocycles. The highest BCUT2D eigenvalue weighted by atomic mass is 16.4. The van der Waals surface area contributed by atoms with Gasteiger partial charge < -0.3 is 5.11 Å². The summed E-state index contributed by atoms with van der Waals surface area (Å²) in [5.74, 6) is -0.704. The van der Waals surface area contributed by atoms with Crippen LogP contribution in [-0.4, -0.2) is 16.1 Å². The van der Waals surface area contributed by atoms with E-state index in [0.29, 0.717) is 0 Å². The molecule has 1 aromatic heterocycles. The van der Waals surface area contributed by atoms with Crippen LogP contribution in [0.2, 0.25) is 0 Å². The Balaban J connectivity index is 2.65. The molecule has 64 valence electrons. The Morgan fingerprint density at radius 2 is 2.17 bits per heavy atom. The Hall–Kier alpha value is -1.38. The van der Waals surface area contributed by atoms with Gasteiger partial charge in [0.25, 0.3) is 0 Å². The molecule has 0 aromatic carbocycles. The van der Waals surface area contributed by atoms with Crippen LogP contribution in [0.25, 0.3) is 0 Å². The van der Waals surface area contributed by atoms with Crippen LogP contribution in [0.1, 0.15) is 24.8 Å². The molecule has 1 aromatic rings. The van der Waals surface area contributed by atoms with Crippen LogP contribution < -0.4 is 0 Å². The van der Waals surface area contributed by atoms with Crippen LogP contribution in [-0.2, 0) is 4.79 Å². The molecular weight excluding hydrogens is 154 g/mol. The minimum absolute atomic E-state index is 0.0606. The third kappa shape index (κ3) is 2.34. The number of hydrogen-bond acceptors (Lipinski definition) is 2. The molecule has 0 amide bonds. The number of carboxylic acids is 1. The summed E-state index contributed by atoms with van der Waals surface area (Å²) in [6.45, 7) is 1.89. The van der Waals surface area contributed by atoms with Crippen molar-refractivity contribution in [3.05, 3.63) is 30.1 Å². The van der Waals surface area contributed by atoms with E-state index in [-0.39, 0.29) is 12.3 Å². The van der Waals surface area contributed by atoms with Gasteiger partial charge in [-0.2, -0.15) is 0 Å². The predicted molar refractivity (Wildman–Crippen MR) is 44.9 cm³/mol. The molecule has 0 saturated carbocycles. The first-order valence-electron chi connectivity index (χ1n) is 3.82. The molecule has 3 nitrogen and oxygen atoms in total. The van der Waals surface area contributed by atoms with Crippen LogP contribution in [0.5, 0.6) is 0 Å². The van der Waals surface area contributed by atoms with Crippen LogP contribution in [0, 0.1) is 0 Å². The fraction of sp³-hybridized carbons (Fsp3) is 0.333. The number of aromatic nitrogens is 1. The number of rotatable bonds is 3. The maximum absolute atomic E-state index is 10.4. The van der Waals surface area contributed by atoms with E-state index in [4.69, 9.17) is 5.11 Å². The summed E-state index contributed by atoms with van der Waals surface area (Å²) < 4.78 is 0. The van der Waals surface area contributed by atoms with Crippen molar-refractivity contribution in [2.24, 2.45) is 0 Å². The molecule has 12 heavy (non-hydrogen) atoms. The quantitative estimate of drug-likeness (QED) is 0.741. The highest BCUT2D eigenvalue weighted by molar-refractivity contribution is 5.67. The van der Waals surface area contributed by atoms with E-state index < -0.39 is 5.97 Å². The average Bonchev–Trinajstić information content (AvgIpc) is 2.05. The SMILES string of the molecule is C[C@@H](CC(=O)O)c1ccncc1. The van der Waals surface area contributed by atoms with Gasteiger partial charge in [-0.05, 0) is 23.6 Å². The Labute approximate surface area is 71.1 Å². The molecular formula is C9H11NO2. The topological polar surface area (TPSA) is 50.2 Å². The Bertz CT molecular complexity index is 258. The number of aliphatic carboxylic acids is 1. The summed E-state index contributed by atoms with van der Waals surface area (Å²) in [6, 6.07) is 3.68. The van der Waals surface area contributed by atoms with Gasteiger partial charge in [0.1, 0.15) is 0 Å². The van der Waals surface area contributed by atoms with Crippen LogP contribution in [0.4, 0.5) is 0 Å². The molecule has 0 aliphatic carbocycles. The highest BCUT2D eigenvalue weighted by Crippen LogP contribution is 2.17. The lowest BCUT2D eigenvalue weighted by molar-refractivity contribution is -0.137. The van der Waals surface area contributed by atoms with Gasteiger partial charge in [0, 0.05) is 12.4 Å². The highest BCUT2D eigenvalue weighted by Gasteiger charge is 2.08. The molecule has 0 unspecified atom stereocenters. The lowest BCUT2D eigenvalue weighted by Crippen LogP contribution is -2.02. The molecule has 0 aliphatic rings. The second-order valence-electron chi connectivity index (χ2n) is 2.78. The first-order valence-corrected chi connectivity index (χ1v) is 3.82. The average molecular weight is 165 g/mol. The lowest BCUT2D eigenvalue weighted by Gasteiger charge is -2.07. The summed E-state index contributed by atoms with van der Waals surface area (Å²) in [4.78, 5) is 14.2. The molecule has 0 saturated heterocycles. The van der Waals surface area contributed by atoms with Crippen LogP contribution in [0.3, 0.4) is 0 Å². The second kappa shape index (κ2) is 3.85. The lowest BCUT2D eigenvalue weighted by atomic mass is 9.99. The summed E-state index contributed by atoms with van der Waals surface area (Å²) in [7, 11) is 0. The van der Waals surface area contributed by atoms with Crippen molar-refractivity contribution in [2.45, 2.75) is 19.3 Å². The van der Waals surface area contributed by atoms with Crippen LogP contribution in [0.15, 0.2) is 24.5 Å². The summed E-state index contributed by atoms with van der Waals surface area (Å²) >= 11 is 0. The minimum atomic E-state index is -0.765. The van der Waals surface area contributed by atoms with Gasteiger partial charge in [0.15, 0.2) is 0 Å². The Morgan fingerprint density at radius 3 is 2.67 bits per heavy atom. The fourth-order valence-electron chi connectivity index (χ4n) is 1.07. The predicted octanol–water partition coefficient (Wildman–Crippen LogP) is 1.66. The molecule has 0 fully saturated rings. The molecule has 1 heterocycles. The number of hydrogen-bond donors (Lipinski definition) is 1. The Morgan fingerprint density at radius 1 is 1.58 bits per heavy atom. The molecule has 1 N–H and O–H groups in total. The van der Waals surface area contributed by atoms with Crippen molar-refractivity contribution >= 4 is 5.97 Å². The molecule has 1 rings (SSSR count). The molecule has 0 spiro atoms. The number of nitrogens with zero attached hydrogens (tertiary/aromatic N) is 1. The van der Waals surface area contributed by atoms with E-state index in [1.54, 1.807) is 12.4 Å². The fourth-order valence-corrected chi connectivity index (χ4v) is 1.07. The van der Waals surface area contributed by atoms with Gasteiger partial charge in [-0.3, -0.25) is 9.78 Å². The standard InChI is InChI=1S/C9H11NO2/c1-7(6-9(11)12)8-2-4-10-5-3-8/h2-5,7H,6H2,1H3,(H,11,12)/t7-/m0/s1. The summed E-state index contributed by atoms with van der Waals surface area (Å²) in [6.07, 6.45) is 3.52. The number of carbonyl (C=O) groups is 1. The molecule has 0 radical (unpaired) electrons. The maximum atomic E-state index is 10.4. The van der Waals surface area contributed by atoms with Gasteiger partial charge in [0.2, 0.25) is 0 Å². The largest absolute Gasteiger partial charge is 0.481 e. The molecule has 0 bridgehead atoms. The summed E-state index contributed by atoms with van der Waals surface area (Å²) in [5.41, 5.74) is 1.02. The van der Waals surface area contributed by atoms with E-state index >= 15 is 0 Å². The monoisotopic (exact) mass is 165 g/mol. The first kappa shape index (κ1) is 8.71. The van der Waals surface area contributed by atoms with E-state index in [0.717, 1.165) is 5.56 Å². The molecule has 3 heteroatoms. The minimum Gasteiger partial charge on any atom is -0.481 e. The van der Waals surface area contributed by atoms with E-state index in [1.807, 2.05) is 19.1 Å². The zero-order valence-corrected chi connectivity index (χ0v) is 6.90. The number of carboxylic acid groups (broad SMARTS) is 1. The van der Waals surface area contributed by atoms with Crippen molar-refractivity contribution in [3.63, 3.8) is 0 Å². The van der Waals surface area contributed by atoms with Crippen molar-refractivity contribution in [1.82, 2.24) is 4.98 Å². The van der Waals surface area contributed by atoms with Crippen molar-refractivity contribution in [1.29, 1.82) is 0 Å². The van der Waals surface area contributed by atoms with Crippen molar-refractivity contribution in [2.75, 3.05) is 0 Å². The first-order chi connectivity index (χ1) is 5.70. The Kier molecular flexibility index (Phi) is 2.80. The van der Waals surface area contributed by atoms with Crippen molar-refractivity contribution in [3.8, 4) is 0 Å². The summed E-state index contributed by atoms with van der Waals surface area (Å²) in [5, 5.41) is 8.53. The second-order valence-corrected chi connectivity index (χ2v) is 2.78. The van der Waals surface area contributed by atoms with Crippen molar-refractivity contribution < 1.29 is 9.90 Å². The van der Waals surface area contributed by atoms with E-state index in [2.05, 4.69) is 4.98 Å². The third-order valence-electron chi connectivity index (χ3n) is 1.76. The van der Waals surface area contributed by atoms with Crippen LogP contribution >= 0.6 is 0 Å². The number of pyridine rings is 1. The normalized spacial score (nSPS) is 12.4. The van der Waals surface area contributed by atoms with E-state index in [1.165, 1.54) is 0 Å². The van der Waals surface area contributed by atoms with Gasteiger partial charge in [-0.1, -0.05) is 6.92 Å². The molecule has 1 atom stereocenters. The van der Waals surface area contributed by atoms with Gasteiger partial charge in [-0.15, -0.1) is 0 Å². The smallest absolute Gasteiger partial charge is 0.303 e. The maximum Gasteiger partial charge on any atom is 0.303 e. The van der Waals surface area contributed by atoms with Gasteiger partial charge in [-0.25, -0.2) is 0 Å². The van der Waals surface area contributed by atoms with E-state index in [9.17, 15) is 4.79 Å². The zero-order chi connectivity index (χ0) is 8.97. The third-order valence-corrected chi connectivity index (χ3v) is 1.76. The van der Waals surface area contributed by atoms with Gasteiger partial charge in [0.05, 0.1) is 6.42 Å². The van der Waals surface area contributed by atoms with Gasteiger partial charge >= 0.3 is 5.97 Å².